The number of Topliss-reactive ketones (excluding diaryl/α,β-unsaturated/α-hetero) is 4. The quantitative estimate of drug-likeness (QED) is 0.689. The van der Waals surface area contributed by atoms with Crippen molar-refractivity contribution in [3.05, 3.63) is 0 Å². The van der Waals surface area contributed by atoms with Crippen molar-refractivity contribution < 1.29 is 36.0 Å². The Kier molecular flexibility index (Phi) is 27.3. The third-order valence-corrected chi connectivity index (χ3v) is 1.16. The van der Waals surface area contributed by atoms with Gasteiger partial charge in [-0.25, -0.2) is 0 Å². The predicted octanol–water partition coefficient (Wildman–Crippen LogP) is 0.0103. The zero-order chi connectivity index (χ0) is 15.1. The zero-order valence-corrected chi connectivity index (χ0v) is 13.0. The number of carbonyl (C=O) groups excluding carboxylic acids is 4. The van der Waals surface area contributed by atoms with Gasteiger partial charge in [-0.05, 0) is 27.7 Å². The molecule has 0 aliphatic carbocycles. The van der Waals surface area contributed by atoms with E-state index in [9.17, 15) is 19.2 Å². The maximum Gasteiger partial charge on any atom is 0.137 e. The molecule has 4 N–H and O–H groups in total. The van der Waals surface area contributed by atoms with Crippen LogP contribution in [0.2, 0.25) is 0 Å². The van der Waals surface area contributed by atoms with E-state index in [-0.39, 0.29) is 52.8 Å². The van der Waals surface area contributed by atoms with Gasteiger partial charge in [-0.1, -0.05) is 0 Å². The van der Waals surface area contributed by atoms with E-state index in [1.807, 2.05) is 0 Å². The van der Waals surface area contributed by atoms with Crippen molar-refractivity contribution in [2.75, 3.05) is 13.1 Å². The second-order valence-corrected chi connectivity index (χ2v) is 3.74. The van der Waals surface area contributed by atoms with Crippen molar-refractivity contribution in [2.24, 2.45) is 11.5 Å². The average Bonchev–Trinajstić information content (AvgIpc) is 2.14. The molecule has 0 aliphatic rings. The Bertz CT molecular complexity index is 229. The summed E-state index contributed by atoms with van der Waals surface area (Å²) in [5.74, 6) is -0.250. The smallest absolute Gasteiger partial charge is 0.137 e. The first-order chi connectivity index (χ1) is 8.17. The van der Waals surface area contributed by atoms with E-state index in [1.54, 1.807) is 0 Å². The van der Waals surface area contributed by atoms with Gasteiger partial charge in [0.1, 0.15) is 23.1 Å². The average molecular weight is 319 g/mol. The molecule has 6 nitrogen and oxygen atoms in total. The van der Waals surface area contributed by atoms with Crippen molar-refractivity contribution >= 4 is 23.1 Å². The normalized spacial score (nSPS) is 7.68. The summed E-state index contributed by atoms with van der Waals surface area (Å²) in [4.78, 5) is 40.1. The third-order valence-electron chi connectivity index (χ3n) is 1.16. The van der Waals surface area contributed by atoms with Gasteiger partial charge in [0.2, 0.25) is 0 Å². The van der Waals surface area contributed by atoms with Gasteiger partial charge < -0.3 is 11.5 Å². The summed E-state index contributed by atoms with van der Waals surface area (Å²) in [5, 5.41) is 0. The molecule has 0 bridgehead atoms. The summed E-state index contributed by atoms with van der Waals surface area (Å²) in [5.41, 5.74) is 9.81. The first kappa shape index (κ1) is 26.6. The number of carbonyl (C=O) groups is 4. The van der Waals surface area contributed by atoms with Crippen LogP contribution in [-0.2, 0) is 36.0 Å². The summed E-state index contributed by atoms with van der Waals surface area (Å²) >= 11 is 0. The van der Waals surface area contributed by atoms with Crippen LogP contribution < -0.4 is 11.5 Å². The van der Waals surface area contributed by atoms with E-state index < -0.39 is 0 Å². The minimum atomic E-state index is -0.0625. The van der Waals surface area contributed by atoms with E-state index in [0.717, 1.165) is 0 Å². The second kappa shape index (κ2) is 19.4. The molecule has 19 heavy (non-hydrogen) atoms. The van der Waals surface area contributed by atoms with Gasteiger partial charge in [-0.3, -0.25) is 19.2 Å². The van der Waals surface area contributed by atoms with Crippen molar-refractivity contribution in [1.82, 2.24) is 0 Å². The van der Waals surface area contributed by atoms with E-state index in [1.165, 1.54) is 27.7 Å². The van der Waals surface area contributed by atoms with Crippen LogP contribution in [0.4, 0.5) is 0 Å². The summed E-state index contributed by atoms with van der Waals surface area (Å²) in [6.45, 7) is 6.81. The van der Waals surface area contributed by atoms with Crippen LogP contribution in [0.15, 0.2) is 0 Å². The molecule has 7 heteroatoms. The second-order valence-electron chi connectivity index (χ2n) is 3.74. The van der Waals surface area contributed by atoms with Gasteiger partial charge >= 0.3 is 0 Å². The van der Waals surface area contributed by atoms with Gasteiger partial charge in [-0.15, -0.1) is 0 Å². The van der Waals surface area contributed by atoms with Crippen molar-refractivity contribution in [2.45, 2.75) is 40.5 Å². The summed E-state index contributed by atoms with van der Waals surface area (Å²) in [6.07, 6.45) is 0.167. The van der Waals surface area contributed by atoms with Crippen LogP contribution >= 0.6 is 0 Å². The van der Waals surface area contributed by atoms with Crippen LogP contribution in [0.25, 0.3) is 0 Å². The molecule has 0 heterocycles. The van der Waals surface area contributed by atoms with Crippen LogP contribution in [-0.4, -0.2) is 36.2 Å². The maximum absolute atomic E-state index is 10.0. The van der Waals surface area contributed by atoms with E-state index in [4.69, 9.17) is 11.5 Å². The topological polar surface area (TPSA) is 120 Å². The molecule has 0 aromatic heterocycles. The van der Waals surface area contributed by atoms with Crippen LogP contribution in [0.5, 0.6) is 0 Å². The number of rotatable bonds is 5. The molecule has 0 rings (SSSR count). The van der Waals surface area contributed by atoms with Crippen molar-refractivity contribution in [1.29, 1.82) is 0 Å². The Morgan fingerprint density at radius 2 is 0.789 bits per heavy atom. The zero-order valence-electron chi connectivity index (χ0n) is 11.9. The molecule has 1 radical (unpaired) electrons. The van der Waals surface area contributed by atoms with Crippen molar-refractivity contribution in [3.63, 3.8) is 0 Å². The first-order valence-corrected chi connectivity index (χ1v) is 5.55. The number of nitrogens with two attached hydrogens (primary N) is 2. The summed E-state index contributed by atoms with van der Waals surface area (Å²) in [6, 6.07) is 0. The van der Waals surface area contributed by atoms with E-state index in [0.29, 0.717) is 13.1 Å². The minimum Gasteiger partial charge on any atom is -0.329 e. The molecule has 0 aliphatic heterocycles. The van der Waals surface area contributed by atoms with Crippen LogP contribution in [0.1, 0.15) is 40.5 Å². The molecule has 0 atom stereocenters. The molecule has 0 fully saturated rings. The summed E-state index contributed by atoms with van der Waals surface area (Å²) < 4.78 is 0. The molecule has 0 spiro atoms. The largest absolute Gasteiger partial charge is 0.329 e. The molecule has 0 aromatic carbocycles. The Morgan fingerprint density at radius 1 is 0.632 bits per heavy atom. The van der Waals surface area contributed by atoms with E-state index in [2.05, 4.69) is 0 Å². The standard InChI is InChI=1S/2C5H8O2.C2H8N2.Co/c2*1-4(6)3-5(2)7;3-1-2-4;/h2*3H2,1-2H3;1-4H2;. The Labute approximate surface area is 124 Å². The monoisotopic (exact) mass is 319 g/mol. The Morgan fingerprint density at radius 3 is 0.789 bits per heavy atom. The van der Waals surface area contributed by atoms with E-state index >= 15 is 0 Å². The predicted molar refractivity (Wildman–Crippen MR) is 70.1 cm³/mol. The molecule has 0 saturated heterocycles. The summed E-state index contributed by atoms with van der Waals surface area (Å²) in [7, 11) is 0. The van der Waals surface area contributed by atoms with Gasteiger partial charge in [-0.2, -0.15) is 0 Å². The first-order valence-electron chi connectivity index (χ1n) is 5.55. The number of hydrogen-bond acceptors (Lipinski definition) is 6. The molecule has 0 unspecified atom stereocenters. The van der Waals surface area contributed by atoms with Gasteiger partial charge in [0, 0.05) is 29.9 Å². The molecular weight excluding hydrogens is 295 g/mol. The maximum atomic E-state index is 10.0. The van der Waals surface area contributed by atoms with Gasteiger partial charge in [0.15, 0.2) is 0 Å². The third kappa shape index (κ3) is 59.4. The fraction of sp³-hybridized carbons (Fsp3) is 0.667. The molecule has 0 aromatic rings. The SMILES string of the molecule is CC(=O)CC(C)=O.CC(=O)CC(C)=O.NCCN.[Co]. The molecule has 0 amide bonds. The van der Waals surface area contributed by atoms with Crippen LogP contribution in [0, 0.1) is 0 Å². The number of hydrogen-bond donors (Lipinski definition) is 2. The van der Waals surface area contributed by atoms with Gasteiger partial charge in [0.05, 0.1) is 12.8 Å². The Balaban J connectivity index is -0.0000000900. The fourth-order valence-electron chi connectivity index (χ4n) is 0.701. The van der Waals surface area contributed by atoms with Gasteiger partial charge in [0.25, 0.3) is 0 Å². The number of ketones is 4. The molecule has 115 valence electrons. The fourth-order valence-corrected chi connectivity index (χ4v) is 0.701. The van der Waals surface area contributed by atoms with Crippen LogP contribution in [0.3, 0.4) is 0 Å². The minimum absolute atomic E-state index is 0. The Hall–Kier alpha value is -0.894. The molecule has 0 saturated carbocycles. The van der Waals surface area contributed by atoms with Crippen molar-refractivity contribution in [3.8, 4) is 0 Å². The molecular formula is C12H24CoN2O4.